The van der Waals surface area contributed by atoms with Gasteiger partial charge in [0.2, 0.25) is 11.8 Å². The van der Waals surface area contributed by atoms with Crippen molar-refractivity contribution in [2.45, 2.75) is 118 Å². The molecule has 0 spiro atoms. The van der Waals surface area contributed by atoms with Gasteiger partial charge in [0, 0.05) is 98.4 Å². The monoisotopic (exact) mass is 940 g/mol. The number of ether oxygens (including phenoxy) is 2. The fraction of sp³-hybridized carbons (Fsp3) is 0.540. The molecule has 2 fully saturated rings. The highest BCUT2D eigenvalue weighted by Gasteiger charge is 2.40. The first-order valence-corrected chi connectivity index (χ1v) is 24.2. The Labute approximate surface area is 399 Å². The molecule has 0 radical (unpaired) electrons. The third-order valence-corrected chi connectivity index (χ3v) is 13.9. The Balaban J connectivity index is 1.40. The molecule has 2 saturated heterocycles. The zero-order chi connectivity index (χ0) is 48.9. The number of piperazine rings is 1. The zero-order valence-corrected chi connectivity index (χ0v) is 41.7. The molecule has 6 rings (SSSR count). The fourth-order valence-corrected chi connectivity index (χ4v) is 10.4. The van der Waals surface area contributed by atoms with E-state index in [1.54, 1.807) is 30.2 Å². The lowest BCUT2D eigenvalue weighted by Crippen LogP contribution is -2.63. The zero-order valence-electron chi connectivity index (χ0n) is 40.9. The number of carbonyl (C=O) groups is 5. The quantitative estimate of drug-likeness (QED) is 0.0977. The van der Waals surface area contributed by atoms with Crippen LogP contribution in [0.2, 0.25) is 0 Å². The van der Waals surface area contributed by atoms with Crippen LogP contribution in [0.3, 0.4) is 0 Å². The van der Waals surface area contributed by atoms with E-state index in [0.717, 1.165) is 44.7 Å². The first kappa shape index (κ1) is 50.8. The van der Waals surface area contributed by atoms with E-state index in [1.807, 2.05) is 52.1 Å². The lowest BCUT2D eigenvalue weighted by molar-refractivity contribution is -0.155. The summed E-state index contributed by atoms with van der Waals surface area (Å²) in [5.41, 5.74) is 8.82. The van der Waals surface area contributed by atoms with Gasteiger partial charge in [-0.3, -0.25) is 29.2 Å². The van der Waals surface area contributed by atoms with Crippen LogP contribution < -0.4 is 10.7 Å². The predicted molar refractivity (Wildman–Crippen MR) is 263 cm³/mol. The van der Waals surface area contributed by atoms with Gasteiger partial charge in [-0.1, -0.05) is 53.0 Å². The maximum absolute atomic E-state index is 14.7. The second-order valence-corrected chi connectivity index (χ2v) is 19.8. The number of nitrogens with one attached hydrogen (secondary N) is 2. The normalized spacial score (nSPS) is 21.7. The summed E-state index contributed by atoms with van der Waals surface area (Å²) in [6.45, 7) is 25.5. The summed E-state index contributed by atoms with van der Waals surface area (Å²) < 4.78 is 14.2. The average Bonchev–Trinajstić information content (AvgIpc) is 3.90. The number of allylic oxidation sites excluding steroid dienone is 2. The first-order chi connectivity index (χ1) is 31.9. The van der Waals surface area contributed by atoms with Gasteiger partial charge in [-0.2, -0.15) is 0 Å². The van der Waals surface area contributed by atoms with Crippen molar-refractivity contribution < 1.29 is 33.4 Å². The number of amides is 5. The maximum atomic E-state index is 14.7. The van der Waals surface area contributed by atoms with Gasteiger partial charge >= 0.3 is 12.0 Å². The topological polar surface area (TPSA) is 171 Å². The number of aryl methyl sites for hydroxylation is 1. The standard InChI is InChI=1S/C50H69N9O7S/c1-13-34(43(51-15-3)32(8)65-12)45-36-26-50(9,10)29-66-48(63)37-18-17-21-59(54-37)47(62)38(25-41-52-39(28-67-41)33-19-20-40(35(36)24-33)57(45)16-4)53-46(61)44(30(5)6)55(11)49(64)56-22-23-58(31(7)27-56)42(60)14-2/h13-15,19-20,24,28,30-32,37-38,44,54H,1-2,16-18,21-23,25-27,29H2,3-12H3,(H,53,61)/b43-34+,51-15-/t31-,32-,37-,38-,44-/m0/s1. The number of fused-ring (bicyclic) bond motifs is 6. The van der Waals surface area contributed by atoms with Crippen LogP contribution in [0.1, 0.15) is 84.5 Å². The third-order valence-electron chi connectivity index (χ3n) is 13.0. The molecule has 5 heterocycles. The Morgan fingerprint density at radius 3 is 2.54 bits per heavy atom. The summed E-state index contributed by atoms with van der Waals surface area (Å²) in [6, 6.07) is 2.86. The minimum Gasteiger partial charge on any atom is -0.464 e. The number of hydrogen-bond donors (Lipinski definition) is 2. The number of likely N-dealkylation sites (N-methyl/N-ethyl adjacent to an activating group) is 1. The van der Waals surface area contributed by atoms with Gasteiger partial charge in [-0.25, -0.2) is 15.2 Å². The Morgan fingerprint density at radius 1 is 1.15 bits per heavy atom. The third kappa shape index (κ3) is 10.9. The SMILES string of the molecule is C=CC(=O)N1CCN(C(=O)N(C)[C@H](C(=O)N[C@H]2Cc3nc(cs3)-c3ccc4c(c3)c(c(/C(C=C)=C(/N=C\C)[C@H](C)OC)n4CC)CC(C)(C)COC(=O)[C@@H]3CCCN(N3)C2=O)C(C)C)C[C@@H]1C. The molecule has 0 aliphatic carbocycles. The Kier molecular flexibility index (Phi) is 16.3. The Hall–Kier alpha value is -5.65. The molecule has 0 unspecified atom stereocenters. The number of nitrogens with zero attached hydrogens (tertiary/aromatic N) is 7. The Morgan fingerprint density at radius 2 is 1.90 bits per heavy atom. The number of rotatable bonds is 11. The van der Waals surface area contributed by atoms with Crippen molar-refractivity contribution >= 4 is 63.7 Å². The summed E-state index contributed by atoms with van der Waals surface area (Å²) in [6.07, 6.45) is 6.13. The van der Waals surface area contributed by atoms with Crippen LogP contribution in [0.4, 0.5) is 4.79 Å². The van der Waals surface area contributed by atoms with Crippen molar-refractivity contribution in [3.8, 4) is 11.3 Å². The van der Waals surface area contributed by atoms with Crippen LogP contribution in [0, 0.1) is 11.3 Å². The van der Waals surface area contributed by atoms with Crippen LogP contribution in [0.15, 0.2) is 59.6 Å². The predicted octanol–water partition coefficient (Wildman–Crippen LogP) is 6.25. The van der Waals surface area contributed by atoms with Crippen molar-refractivity contribution in [3.63, 3.8) is 0 Å². The molecule has 1 aromatic carbocycles. The van der Waals surface area contributed by atoms with E-state index in [0.29, 0.717) is 57.0 Å². The molecule has 362 valence electrons. The van der Waals surface area contributed by atoms with Crippen LogP contribution in [0.5, 0.6) is 0 Å². The molecule has 67 heavy (non-hydrogen) atoms. The molecule has 2 aromatic heterocycles. The highest BCUT2D eigenvalue weighted by molar-refractivity contribution is 7.10. The number of benzene rings is 1. The van der Waals surface area contributed by atoms with E-state index in [4.69, 9.17) is 19.5 Å². The number of thiazole rings is 1. The van der Waals surface area contributed by atoms with Gasteiger partial charge in [0.25, 0.3) is 5.91 Å². The number of aliphatic imine (C=N–C) groups is 1. The summed E-state index contributed by atoms with van der Waals surface area (Å²) in [5, 5.41) is 8.03. The number of methoxy groups -OCH3 is 1. The number of carbonyl (C=O) groups excluding carboxylic acids is 5. The molecule has 6 bridgehead atoms. The molecule has 16 nitrogen and oxygen atoms in total. The molecule has 3 aliphatic heterocycles. The van der Waals surface area contributed by atoms with Crippen molar-refractivity contribution in [1.29, 1.82) is 0 Å². The highest BCUT2D eigenvalue weighted by Crippen LogP contribution is 2.40. The molecule has 2 N–H and O–H groups in total. The van der Waals surface area contributed by atoms with Crippen LogP contribution in [0.25, 0.3) is 27.7 Å². The lowest BCUT2D eigenvalue weighted by atomic mass is 9.84. The second kappa shape index (κ2) is 21.5. The van der Waals surface area contributed by atoms with Crippen LogP contribution in [-0.4, -0.2) is 142 Å². The van der Waals surface area contributed by atoms with E-state index in [2.05, 4.69) is 61.4 Å². The van der Waals surface area contributed by atoms with Gasteiger partial charge in [0.05, 0.1) is 34.8 Å². The minimum absolute atomic E-state index is 0.0613. The Bertz CT molecular complexity index is 2430. The number of hydrogen-bond acceptors (Lipinski definition) is 11. The lowest BCUT2D eigenvalue weighted by Gasteiger charge is -2.42. The molecule has 5 atom stereocenters. The van der Waals surface area contributed by atoms with E-state index in [1.165, 1.54) is 27.3 Å². The second-order valence-electron chi connectivity index (χ2n) is 18.8. The summed E-state index contributed by atoms with van der Waals surface area (Å²) >= 11 is 1.40. The van der Waals surface area contributed by atoms with E-state index >= 15 is 0 Å². The molecule has 0 saturated carbocycles. The summed E-state index contributed by atoms with van der Waals surface area (Å²) in [5.74, 6) is -1.93. The van der Waals surface area contributed by atoms with Gasteiger partial charge in [-0.15, -0.1) is 11.3 Å². The van der Waals surface area contributed by atoms with Crippen molar-refractivity contribution in [2.24, 2.45) is 16.3 Å². The molecule has 3 aliphatic rings. The number of hydrazine groups is 1. The fourth-order valence-electron chi connectivity index (χ4n) is 9.58. The summed E-state index contributed by atoms with van der Waals surface area (Å²) in [7, 11) is 3.25. The van der Waals surface area contributed by atoms with Gasteiger partial charge < -0.3 is 34.1 Å². The van der Waals surface area contributed by atoms with Crippen molar-refractivity contribution in [1.82, 2.24) is 40.0 Å². The number of aromatic nitrogens is 2. The highest BCUT2D eigenvalue weighted by atomic mass is 32.1. The molecule has 17 heteroatoms. The van der Waals surface area contributed by atoms with E-state index in [-0.39, 0.29) is 43.0 Å². The number of urea groups is 1. The van der Waals surface area contributed by atoms with Gasteiger partial charge in [-0.05, 0) is 76.6 Å². The summed E-state index contributed by atoms with van der Waals surface area (Å²) in [4.78, 5) is 84.1. The van der Waals surface area contributed by atoms with Gasteiger partial charge in [0.1, 0.15) is 18.1 Å². The number of cyclic esters (lactones) is 1. The van der Waals surface area contributed by atoms with Crippen LogP contribution in [-0.2, 0) is 48.0 Å². The average molecular weight is 940 g/mol. The maximum Gasteiger partial charge on any atom is 0.324 e. The van der Waals surface area contributed by atoms with Gasteiger partial charge in [0.15, 0.2) is 0 Å². The van der Waals surface area contributed by atoms with Crippen molar-refractivity contribution in [3.05, 3.63) is 70.9 Å². The van der Waals surface area contributed by atoms with Crippen molar-refractivity contribution in [2.75, 3.05) is 46.9 Å². The van der Waals surface area contributed by atoms with E-state index in [9.17, 15) is 24.0 Å². The largest absolute Gasteiger partial charge is 0.464 e. The first-order valence-electron chi connectivity index (χ1n) is 23.4. The molecule has 5 amide bonds. The minimum atomic E-state index is -1.10. The smallest absolute Gasteiger partial charge is 0.324 e. The van der Waals surface area contributed by atoms with E-state index < -0.39 is 41.3 Å². The molecular formula is C50H69N9O7S. The number of esters is 1. The molecule has 3 aromatic rings. The van der Waals surface area contributed by atoms with Crippen LogP contribution >= 0.6 is 11.3 Å². The molecular weight excluding hydrogens is 871 g/mol.